The molecule has 29 heavy (non-hydrogen) atoms. The second-order valence-electron chi connectivity index (χ2n) is 7.43. The maximum absolute atomic E-state index is 12.8. The fourth-order valence-corrected chi connectivity index (χ4v) is 4.59. The Morgan fingerprint density at radius 2 is 2.10 bits per heavy atom. The summed E-state index contributed by atoms with van der Waals surface area (Å²) in [4.78, 5) is 30.7. The third kappa shape index (κ3) is 4.68. The number of carbonyl (C=O) groups is 2. The molecule has 2 aromatic heterocycles. The molecule has 2 aliphatic rings. The van der Waals surface area contributed by atoms with Crippen molar-refractivity contribution < 1.29 is 14.3 Å². The lowest BCUT2D eigenvalue weighted by molar-refractivity contribution is -0.131. The molecule has 4 heterocycles. The van der Waals surface area contributed by atoms with Crippen LogP contribution in [0.4, 0.5) is 0 Å². The largest absolute Gasteiger partial charge is 0.379 e. The van der Waals surface area contributed by atoms with Gasteiger partial charge in [-0.2, -0.15) is 5.10 Å². The van der Waals surface area contributed by atoms with Crippen LogP contribution in [-0.2, 0) is 36.0 Å². The van der Waals surface area contributed by atoms with Gasteiger partial charge in [0.05, 0.1) is 19.6 Å². The summed E-state index contributed by atoms with van der Waals surface area (Å²) in [5, 5.41) is 9.44. The highest BCUT2D eigenvalue weighted by atomic mass is 32.1. The fourth-order valence-electron chi connectivity index (χ4n) is 3.90. The number of carbonyl (C=O) groups excluding carboxylic acids is 2. The highest BCUT2D eigenvalue weighted by molar-refractivity contribution is 7.10. The second kappa shape index (κ2) is 9.06. The zero-order valence-electron chi connectivity index (χ0n) is 16.7. The standard InChI is InChI=1S/C20H27N5O3S/c1-23-17-4-6-25(18(26)13-15-3-2-12-29-15)14-16(17)19(22-23)20(27)21-5-7-24-8-10-28-11-9-24/h2-3,12H,4-11,13-14H2,1H3,(H,21,27). The van der Waals surface area contributed by atoms with Crippen LogP contribution in [0.15, 0.2) is 17.5 Å². The first-order valence-electron chi connectivity index (χ1n) is 10.0. The van der Waals surface area contributed by atoms with E-state index in [1.54, 1.807) is 16.0 Å². The summed E-state index contributed by atoms with van der Waals surface area (Å²) in [6.07, 6.45) is 1.13. The minimum atomic E-state index is -0.164. The minimum absolute atomic E-state index is 0.0978. The predicted octanol–water partition coefficient (Wildman–Crippen LogP) is 0.671. The molecule has 1 saturated heterocycles. The van der Waals surface area contributed by atoms with E-state index in [9.17, 15) is 9.59 Å². The molecule has 0 atom stereocenters. The van der Waals surface area contributed by atoms with Gasteiger partial charge < -0.3 is 15.0 Å². The first-order chi connectivity index (χ1) is 14.1. The van der Waals surface area contributed by atoms with Crippen molar-refractivity contribution in [3.63, 3.8) is 0 Å². The maximum atomic E-state index is 12.8. The van der Waals surface area contributed by atoms with Crippen molar-refractivity contribution >= 4 is 23.2 Å². The van der Waals surface area contributed by atoms with Gasteiger partial charge in [-0.25, -0.2) is 0 Å². The number of aryl methyl sites for hydroxylation is 1. The fraction of sp³-hybridized carbons (Fsp3) is 0.550. The molecule has 2 amide bonds. The monoisotopic (exact) mass is 417 g/mol. The average Bonchev–Trinajstić information content (AvgIpc) is 3.36. The van der Waals surface area contributed by atoms with Gasteiger partial charge in [0.25, 0.3) is 5.91 Å². The van der Waals surface area contributed by atoms with Gasteiger partial charge >= 0.3 is 0 Å². The van der Waals surface area contributed by atoms with Crippen LogP contribution in [0, 0.1) is 0 Å². The van der Waals surface area contributed by atoms with E-state index in [0.717, 1.165) is 55.4 Å². The van der Waals surface area contributed by atoms with E-state index in [0.29, 0.717) is 31.7 Å². The number of hydrogen-bond donors (Lipinski definition) is 1. The van der Waals surface area contributed by atoms with E-state index in [1.165, 1.54) is 0 Å². The number of fused-ring (bicyclic) bond motifs is 1. The van der Waals surface area contributed by atoms with Crippen molar-refractivity contribution in [2.24, 2.45) is 7.05 Å². The van der Waals surface area contributed by atoms with Gasteiger partial charge in [0.2, 0.25) is 5.91 Å². The highest BCUT2D eigenvalue weighted by Gasteiger charge is 2.29. The van der Waals surface area contributed by atoms with Crippen LogP contribution < -0.4 is 5.32 Å². The van der Waals surface area contributed by atoms with E-state index in [1.807, 2.05) is 29.5 Å². The molecule has 0 bridgehead atoms. The number of thiophene rings is 1. The first-order valence-corrected chi connectivity index (χ1v) is 10.9. The number of amides is 2. The van der Waals surface area contributed by atoms with Gasteiger partial charge in [0.1, 0.15) is 0 Å². The molecule has 8 nitrogen and oxygen atoms in total. The lowest BCUT2D eigenvalue weighted by Gasteiger charge is -2.28. The Labute approximate surface area is 174 Å². The van der Waals surface area contributed by atoms with Crippen LogP contribution in [0.2, 0.25) is 0 Å². The topological polar surface area (TPSA) is 79.7 Å². The van der Waals surface area contributed by atoms with Crippen molar-refractivity contribution in [3.05, 3.63) is 39.3 Å². The molecule has 2 aliphatic heterocycles. The van der Waals surface area contributed by atoms with Gasteiger partial charge in [-0.15, -0.1) is 11.3 Å². The van der Waals surface area contributed by atoms with E-state index < -0.39 is 0 Å². The zero-order valence-corrected chi connectivity index (χ0v) is 17.5. The number of ether oxygens (including phenoxy) is 1. The van der Waals surface area contributed by atoms with Crippen LogP contribution >= 0.6 is 11.3 Å². The van der Waals surface area contributed by atoms with Crippen molar-refractivity contribution in [3.8, 4) is 0 Å². The maximum Gasteiger partial charge on any atom is 0.272 e. The summed E-state index contributed by atoms with van der Waals surface area (Å²) in [7, 11) is 1.87. The summed E-state index contributed by atoms with van der Waals surface area (Å²) in [5.74, 6) is -0.0664. The SMILES string of the molecule is Cn1nc(C(=O)NCCN2CCOCC2)c2c1CCN(C(=O)Cc1cccs1)C2. The molecule has 0 saturated carbocycles. The Balaban J connectivity index is 1.38. The molecule has 0 unspecified atom stereocenters. The molecule has 0 spiro atoms. The number of rotatable bonds is 6. The average molecular weight is 418 g/mol. The van der Waals surface area contributed by atoms with Crippen LogP contribution in [-0.4, -0.2) is 77.3 Å². The van der Waals surface area contributed by atoms with Crippen LogP contribution in [0.25, 0.3) is 0 Å². The molecule has 0 aromatic carbocycles. The number of aromatic nitrogens is 2. The summed E-state index contributed by atoms with van der Waals surface area (Å²) in [6, 6.07) is 3.94. The van der Waals surface area contributed by atoms with Crippen molar-refractivity contribution in [2.75, 3.05) is 45.9 Å². The Morgan fingerprint density at radius 3 is 2.86 bits per heavy atom. The first kappa shape index (κ1) is 20.1. The molecular weight excluding hydrogens is 390 g/mol. The summed E-state index contributed by atoms with van der Waals surface area (Å²) in [6.45, 7) is 5.77. The molecule has 0 radical (unpaired) electrons. The summed E-state index contributed by atoms with van der Waals surface area (Å²) >= 11 is 1.59. The molecule has 4 rings (SSSR count). The van der Waals surface area contributed by atoms with E-state index in [2.05, 4.69) is 15.3 Å². The Kier molecular flexibility index (Phi) is 6.27. The molecule has 1 N–H and O–H groups in total. The normalized spacial score (nSPS) is 17.2. The molecule has 2 aromatic rings. The molecule has 1 fully saturated rings. The van der Waals surface area contributed by atoms with Gasteiger partial charge in [-0.05, 0) is 11.4 Å². The quantitative estimate of drug-likeness (QED) is 0.747. The van der Waals surface area contributed by atoms with Crippen LogP contribution in [0.5, 0.6) is 0 Å². The Hall–Kier alpha value is -2.23. The summed E-state index contributed by atoms with van der Waals surface area (Å²) < 4.78 is 7.14. The van der Waals surface area contributed by atoms with Gasteiger partial charge in [-0.1, -0.05) is 6.07 Å². The molecule has 9 heteroatoms. The number of nitrogens with zero attached hydrogens (tertiary/aromatic N) is 4. The minimum Gasteiger partial charge on any atom is -0.379 e. The van der Waals surface area contributed by atoms with E-state index >= 15 is 0 Å². The molecule has 156 valence electrons. The number of morpholine rings is 1. The molecule has 0 aliphatic carbocycles. The lowest BCUT2D eigenvalue weighted by Crippen LogP contribution is -2.41. The predicted molar refractivity (Wildman–Crippen MR) is 110 cm³/mol. The third-order valence-electron chi connectivity index (χ3n) is 5.53. The van der Waals surface area contributed by atoms with Crippen LogP contribution in [0.3, 0.4) is 0 Å². The van der Waals surface area contributed by atoms with E-state index in [-0.39, 0.29) is 11.8 Å². The Morgan fingerprint density at radius 1 is 1.28 bits per heavy atom. The van der Waals surface area contributed by atoms with Crippen LogP contribution in [0.1, 0.15) is 26.6 Å². The zero-order chi connectivity index (χ0) is 20.2. The van der Waals surface area contributed by atoms with Gasteiger partial charge in [0.15, 0.2) is 5.69 Å². The Bertz CT molecular complexity index is 858. The lowest BCUT2D eigenvalue weighted by atomic mass is 10.0. The number of nitrogens with one attached hydrogen (secondary N) is 1. The van der Waals surface area contributed by atoms with Gasteiger partial charge in [0, 0.05) is 68.9 Å². The number of hydrogen-bond acceptors (Lipinski definition) is 6. The van der Waals surface area contributed by atoms with Crippen molar-refractivity contribution in [1.82, 2.24) is 24.9 Å². The van der Waals surface area contributed by atoms with Crippen molar-refractivity contribution in [2.45, 2.75) is 19.4 Å². The van der Waals surface area contributed by atoms with Crippen molar-refractivity contribution in [1.29, 1.82) is 0 Å². The van der Waals surface area contributed by atoms with E-state index in [4.69, 9.17) is 4.74 Å². The molecular formula is C20H27N5O3S. The smallest absolute Gasteiger partial charge is 0.272 e. The van der Waals surface area contributed by atoms with Gasteiger partial charge in [-0.3, -0.25) is 19.2 Å². The third-order valence-corrected chi connectivity index (χ3v) is 6.41. The summed E-state index contributed by atoms with van der Waals surface area (Å²) in [5.41, 5.74) is 2.36. The second-order valence-corrected chi connectivity index (χ2v) is 8.46. The highest BCUT2D eigenvalue weighted by Crippen LogP contribution is 2.23.